The molecule has 1 aliphatic heterocycles. The van der Waals surface area contributed by atoms with Crippen molar-refractivity contribution in [3.05, 3.63) is 34.9 Å². The van der Waals surface area contributed by atoms with Gasteiger partial charge < -0.3 is 15.0 Å². The highest BCUT2D eigenvalue weighted by Gasteiger charge is 2.28. The van der Waals surface area contributed by atoms with E-state index in [1.54, 1.807) is 7.05 Å². The number of ether oxygens (including phenoxy) is 1. The summed E-state index contributed by atoms with van der Waals surface area (Å²) in [6, 6.07) is 7.72. The molecule has 5 nitrogen and oxygen atoms in total. The molecule has 23 heavy (non-hydrogen) atoms. The summed E-state index contributed by atoms with van der Waals surface area (Å²) >= 11 is 5.90. The second kappa shape index (κ2) is 8.77. The summed E-state index contributed by atoms with van der Waals surface area (Å²) in [5, 5.41) is 4.08. The van der Waals surface area contributed by atoms with Gasteiger partial charge in [-0.2, -0.15) is 0 Å². The molecule has 1 fully saturated rings. The van der Waals surface area contributed by atoms with Crippen LogP contribution in [0, 0.1) is 5.92 Å². The van der Waals surface area contributed by atoms with Gasteiger partial charge in [0.05, 0.1) is 12.5 Å². The van der Waals surface area contributed by atoms with E-state index in [2.05, 4.69) is 15.2 Å². The number of rotatable bonds is 4. The maximum absolute atomic E-state index is 11.9. The first-order valence-electron chi connectivity index (χ1n) is 8.00. The number of aliphatic imine (C=N–C) groups is 1. The van der Waals surface area contributed by atoms with Crippen LogP contribution in [0.4, 0.5) is 0 Å². The number of guanidine groups is 1. The van der Waals surface area contributed by atoms with Crippen LogP contribution in [0.25, 0.3) is 0 Å². The minimum atomic E-state index is -0.106. The van der Waals surface area contributed by atoms with Crippen LogP contribution < -0.4 is 5.32 Å². The van der Waals surface area contributed by atoms with E-state index in [9.17, 15) is 4.79 Å². The van der Waals surface area contributed by atoms with Crippen molar-refractivity contribution in [3.8, 4) is 0 Å². The van der Waals surface area contributed by atoms with Crippen molar-refractivity contribution in [1.29, 1.82) is 0 Å². The third kappa shape index (κ3) is 5.13. The second-order valence-corrected chi connectivity index (χ2v) is 6.00. The monoisotopic (exact) mass is 337 g/mol. The van der Waals surface area contributed by atoms with Gasteiger partial charge in [0, 0.05) is 31.7 Å². The van der Waals surface area contributed by atoms with Crippen molar-refractivity contribution in [2.75, 3.05) is 26.7 Å². The summed E-state index contributed by atoms with van der Waals surface area (Å²) in [5.41, 5.74) is 1.13. The lowest BCUT2D eigenvalue weighted by atomic mass is 9.98. The summed E-state index contributed by atoms with van der Waals surface area (Å²) in [5.74, 6) is 0.636. The summed E-state index contributed by atoms with van der Waals surface area (Å²) in [6.45, 7) is 4.49. The Morgan fingerprint density at radius 2 is 2.17 bits per heavy atom. The van der Waals surface area contributed by atoms with E-state index in [1.165, 1.54) is 0 Å². The fourth-order valence-corrected chi connectivity index (χ4v) is 2.86. The molecule has 0 spiro atoms. The SMILES string of the molecule is CCOC(=O)C1CCCN(C(=NC)NCc2ccc(Cl)cc2)C1. The Bertz CT molecular complexity index is 545. The number of carbonyl (C=O) groups excluding carboxylic acids is 1. The fourth-order valence-electron chi connectivity index (χ4n) is 2.74. The molecule has 0 aliphatic carbocycles. The van der Waals surface area contributed by atoms with Crippen molar-refractivity contribution in [2.24, 2.45) is 10.9 Å². The van der Waals surface area contributed by atoms with Gasteiger partial charge >= 0.3 is 5.97 Å². The smallest absolute Gasteiger partial charge is 0.310 e. The lowest BCUT2D eigenvalue weighted by Gasteiger charge is -2.34. The quantitative estimate of drug-likeness (QED) is 0.521. The first kappa shape index (κ1) is 17.6. The Morgan fingerprint density at radius 3 is 2.83 bits per heavy atom. The topological polar surface area (TPSA) is 53.9 Å². The van der Waals surface area contributed by atoms with Crippen LogP contribution in [0.5, 0.6) is 0 Å². The molecule has 0 aromatic heterocycles. The van der Waals surface area contributed by atoms with Gasteiger partial charge in [-0.3, -0.25) is 9.79 Å². The number of piperidine rings is 1. The van der Waals surface area contributed by atoms with Gasteiger partial charge in [0.2, 0.25) is 0 Å². The highest BCUT2D eigenvalue weighted by atomic mass is 35.5. The zero-order valence-corrected chi connectivity index (χ0v) is 14.5. The van der Waals surface area contributed by atoms with E-state index in [-0.39, 0.29) is 11.9 Å². The van der Waals surface area contributed by atoms with Crippen molar-refractivity contribution in [3.63, 3.8) is 0 Å². The summed E-state index contributed by atoms with van der Waals surface area (Å²) in [7, 11) is 1.76. The first-order valence-corrected chi connectivity index (χ1v) is 8.38. The van der Waals surface area contributed by atoms with Gasteiger partial charge in [0.15, 0.2) is 5.96 Å². The number of carbonyl (C=O) groups is 1. The van der Waals surface area contributed by atoms with Gasteiger partial charge in [0.1, 0.15) is 0 Å². The molecule has 1 N–H and O–H groups in total. The molecule has 0 saturated carbocycles. The molecule has 1 saturated heterocycles. The summed E-state index contributed by atoms with van der Waals surface area (Å²) < 4.78 is 5.15. The Hall–Kier alpha value is -1.75. The van der Waals surface area contributed by atoms with Gasteiger partial charge in [-0.05, 0) is 37.5 Å². The van der Waals surface area contributed by atoms with Crippen LogP contribution in [0.15, 0.2) is 29.3 Å². The number of halogens is 1. The molecule has 1 atom stereocenters. The van der Waals surface area contributed by atoms with Crippen molar-refractivity contribution < 1.29 is 9.53 Å². The van der Waals surface area contributed by atoms with Crippen LogP contribution in [-0.2, 0) is 16.1 Å². The van der Waals surface area contributed by atoms with E-state index in [4.69, 9.17) is 16.3 Å². The molecule has 2 rings (SSSR count). The maximum atomic E-state index is 11.9. The third-order valence-electron chi connectivity index (χ3n) is 3.92. The molecule has 1 aromatic rings. The zero-order chi connectivity index (χ0) is 16.7. The Labute approximate surface area is 142 Å². The number of likely N-dealkylation sites (tertiary alicyclic amines) is 1. The molecule has 0 amide bonds. The first-order chi connectivity index (χ1) is 11.1. The minimum Gasteiger partial charge on any atom is -0.466 e. The maximum Gasteiger partial charge on any atom is 0.310 e. The van der Waals surface area contributed by atoms with E-state index >= 15 is 0 Å². The molecule has 1 heterocycles. The lowest BCUT2D eigenvalue weighted by Crippen LogP contribution is -2.48. The zero-order valence-electron chi connectivity index (χ0n) is 13.7. The number of nitrogens with one attached hydrogen (secondary N) is 1. The van der Waals surface area contributed by atoms with Crippen LogP contribution in [0.2, 0.25) is 5.02 Å². The van der Waals surface area contributed by atoms with Crippen LogP contribution in [0.3, 0.4) is 0 Å². The van der Waals surface area contributed by atoms with Crippen LogP contribution in [0.1, 0.15) is 25.3 Å². The molecular formula is C17H24ClN3O2. The van der Waals surface area contributed by atoms with Crippen LogP contribution >= 0.6 is 11.6 Å². The normalized spacial score (nSPS) is 18.7. The Morgan fingerprint density at radius 1 is 1.43 bits per heavy atom. The molecule has 1 aliphatic rings. The Kier molecular flexibility index (Phi) is 6.71. The molecule has 0 bridgehead atoms. The van der Waals surface area contributed by atoms with E-state index in [1.807, 2.05) is 31.2 Å². The van der Waals surface area contributed by atoms with Gasteiger partial charge in [0.25, 0.3) is 0 Å². The van der Waals surface area contributed by atoms with E-state index < -0.39 is 0 Å². The van der Waals surface area contributed by atoms with E-state index in [0.717, 1.165) is 35.9 Å². The average Bonchev–Trinajstić information content (AvgIpc) is 2.57. The molecule has 126 valence electrons. The molecule has 6 heteroatoms. The predicted octanol–water partition coefficient (Wildman–Crippen LogP) is 2.69. The van der Waals surface area contributed by atoms with Crippen molar-refractivity contribution >= 4 is 23.5 Å². The van der Waals surface area contributed by atoms with Crippen molar-refractivity contribution in [1.82, 2.24) is 10.2 Å². The number of hydrogen-bond donors (Lipinski definition) is 1. The largest absolute Gasteiger partial charge is 0.466 e. The highest BCUT2D eigenvalue weighted by Crippen LogP contribution is 2.18. The van der Waals surface area contributed by atoms with E-state index in [0.29, 0.717) is 19.7 Å². The second-order valence-electron chi connectivity index (χ2n) is 5.56. The minimum absolute atomic E-state index is 0.0715. The number of benzene rings is 1. The number of hydrogen-bond acceptors (Lipinski definition) is 3. The van der Waals surface area contributed by atoms with Gasteiger partial charge in [-0.1, -0.05) is 23.7 Å². The predicted molar refractivity (Wildman–Crippen MR) is 92.6 cm³/mol. The number of nitrogens with zero attached hydrogens (tertiary/aromatic N) is 2. The third-order valence-corrected chi connectivity index (χ3v) is 4.17. The molecular weight excluding hydrogens is 314 g/mol. The molecule has 1 unspecified atom stereocenters. The van der Waals surface area contributed by atoms with Gasteiger partial charge in [-0.25, -0.2) is 0 Å². The molecule has 0 radical (unpaired) electrons. The number of esters is 1. The standard InChI is InChI=1S/C17H24ClN3O2/c1-3-23-16(22)14-5-4-10-21(12-14)17(19-2)20-11-13-6-8-15(18)9-7-13/h6-9,14H,3-5,10-12H2,1-2H3,(H,19,20). The average molecular weight is 338 g/mol. The van der Waals surface area contributed by atoms with Crippen molar-refractivity contribution in [2.45, 2.75) is 26.3 Å². The Balaban J connectivity index is 1.92. The molecule has 1 aromatic carbocycles. The highest BCUT2D eigenvalue weighted by molar-refractivity contribution is 6.30. The fraction of sp³-hybridized carbons (Fsp3) is 0.529. The summed E-state index contributed by atoms with van der Waals surface area (Å²) in [4.78, 5) is 18.4. The van der Waals surface area contributed by atoms with Crippen LogP contribution in [-0.4, -0.2) is 43.6 Å². The lowest BCUT2D eigenvalue weighted by molar-refractivity contribution is -0.149. The summed E-state index contributed by atoms with van der Waals surface area (Å²) in [6.07, 6.45) is 1.84. The van der Waals surface area contributed by atoms with Gasteiger partial charge in [-0.15, -0.1) is 0 Å².